The zero-order valence-electron chi connectivity index (χ0n) is 13.6. The van der Waals surface area contributed by atoms with Crippen LogP contribution in [0.2, 0.25) is 0 Å². The monoisotopic (exact) mass is 328 g/mol. The Kier molecular flexibility index (Phi) is 5.00. The van der Waals surface area contributed by atoms with Gasteiger partial charge in [-0.3, -0.25) is 14.6 Å². The zero-order chi connectivity index (χ0) is 16.9. The summed E-state index contributed by atoms with van der Waals surface area (Å²) in [5.41, 5.74) is 1.29. The molecule has 1 N–H and O–H groups in total. The molecular weight excluding hydrogens is 308 g/mol. The van der Waals surface area contributed by atoms with Gasteiger partial charge in [-0.05, 0) is 18.6 Å². The Morgan fingerprint density at radius 3 is 2.96 bits per heavy atom. The van der Waals surface area contributed by atoms with Gasteiger partial charge in [0.1, 0.15) is 5.82 Å². The van der Waals surface area contributed by atoms with E-state index in [2.05, 4.69) is 15.0 Å². The molecule has 0 bridgehead atoms. The Morgan fingerprint density at radius 1 is 1.42 bits per heavy atom. The Balaban J connectivity index is 1.77. The van der Waals surface area contributed by atoms with E-state index < -0.39 is 0 Å². The van der Waals surface area contributed by atoms with Crippen LogP contribution in [0, 0.1) is 0 Å². The average Bonchev–Trinajstić information content (AvgIpc) is 3.10. The van der Waals surface area contributed by atoms with Crippen molar-refractivity contribution in [2.45, 2.75) is 18.8 Å². The van der Waals surface area contributed by atoms with Crippen molar-refractivity contribution < 1.29 is 9.53 Å². The summed E-state index contributed by atoms with van der Waals surface area (Å²) in [4.78, 5) is 37.3. The largest absolute Gasteiger partial charge is 0.384 e. The Hall–Kier alpha value is -2.54. The minimum absolute atomic E-state index is 0.0472. The second kappa shape index (κ2) is 7.35. The SMILES string of the molecule is COCCC(=O)N1CC[C@@H](c2nc(-c3ccncc3)cc(=O)[nH]2)C1. The predicted molar refractivity (Wildman–Crippen MR) is 88.5 cm³/mol. The summed E-state index contributed by atoms with van der Waals surface area (Å²) in [6.45, 7) is 1.67. The molecule has 2 aromatic rings. The number of pyridine rings is 1. The van der Waals surface area contributed by atoms with Crippen molar-refractivity contribution in [3.05, 3.63) is 46.8 Å². The Bertz CT molecular complexity index is 760. The van der Waals surface area contributed by atoms with E-state index in [1.54, 1.807) is 19.5 Å². The van der Waals surface area contributed by atoms with Crippen LogP contribution in [0.4, 0.5) is 0 Å². The molecular formula is C17H20N4O3. The molecule has 24 heavy (non-hydrogen) atoms. The van der Waals surface area contributed by atoms with Gasteiger partial charge in [-0.15, -0.1) is 0 Å². The molecule has 1 amide bonds. The minimum atomic E-state index is -0.184. The predicted octanol–water partition coefficient (Wildman–Crippen LogP) is 1.18. The van der Waals surface area contributed by atoms with Crippen LogP contribution in [0.1, 0.15) is 24.6 Å². The number of rotatable bonds is 5. The standard InChI is InChI=1S/C17H20N4O3/c1-24-9-5-16(23)21-8-4-13(11-21)17-19-14(10-15(22)20-17)12-2-6-18-7-3-12/h2-3,6-7,10,13H,4-5,8-9,11H2,1H3,(H,19,20,22)/t13-/m1/s1. The number of ether oxygens (including phenoxy) is 1. The molecule has 1 fully saturated rings. The van der Waals surface area contributed by atoms with Gasteiger partial charge in [0.15, 0.2) is 0 Å². The third-order valence-corrected chi connectivity index (χ3v) is 4.18. The lowest BCUT2D eigenvalue weighted by molar-refractivity contribution is -0.131. The first kappa shape index (κ1) is 16.3. The number of amides is 1. The number of carbonyl (C=O) groups excluding carboxylic acids is 1. The van der Waals surface area contributed by atoms with Crippen molar-refractivity contribution in [3.63, 3.8) is 0 Å². The molecule has 0 aromatic carbocycles. The summed E-state index contributed by atoms with van der Waals surface area (Å²) in [7, 11) is 1.58. The van der Waals surface area contributed by atoms with Gasteiger partial charge in [0, 0.05) is 50.1 Å². The number of likely N-dealkylation sites (tertiary alicyclic amines) is 1. The van der Waals surface area contributed by atoms with Crippen molar-refractivity contribution in [1.29, 1.82) is 0 Å². The van der Waals surface area contributed by atoms with Gasteiger partial charge in [0.05, 0.1) is 18.7 Å². The summed E-state index contributed by atoms with van der Waals surface area (Å²) < 4.78 is 4.95. The van der Waals surface area contributed by atoms with Crippen molar-refractivity contribution in [2.24, 2.45) is 0 Å². The van der Waals surface area contributed by atoms with Crippen LogP contribution in [0.25, 0.3) is 11.3 Å². The molecule has 0 saturated carbocycles. The molecule has 1 aliphatic rings. The van der Waals surface area contributed by atoms with Gasteiger partial charge in [-0.1, -0.05) is 0 Å². The van der Waals surface area contributed by atoms with Crippen molar-refractivity contribution >= 4 is 5.91 Å². The lowest BCUT2D eigenvalue weighted by Crippen LogP contribution is -2.29. The fourth-order valence-corrected chi connectivity index (χ4v) is 2.90. The smallest absolute Gasteiger partial charge is 0.251 e. The van der Waals surface area contributed by atoms with E-state index in [4.69, 9.17) is 4.74 Å². The normalized spacial score (nSPS) is 17.2. The van der Waals surface area contributed by atoms with Gasteiger partial charge in [-0.25, -0.2) is 4.98 Å². The van der Waals surface area contributed by atoms with Crippen LogP contribution in [-0.4, -0.2) is 52.6 Å². The van der Waals surface area contributed by atoms with Gasteiger partial charge < -0.3 is 14.6 Å². The van der Waals surface area contributed by atoms with Crippen LogP contribution < -0.4 is 5.56 Å². The van der Waals surface area contributed by atoms with Crippen LogP contribution in [0.3, 0.4) is 0 Å². The maximum Gasteiger partial charge on any atom is 0.251 e. The first-order chi connectivity index (χ1) is 11.7. The highest BCUT2D eigenvalue weighted by molar-refractivity contribution is 5.76. The zero-order valence-corrected chi connectivity index (χ0v) is 13.6. The molecule has 0 radical (unpaired) electrons. The van der Waals surface area contributed by atoms with Crippen molar-refractivity contribution in [3.8, 4) is 11.3 Å². The minimum Gasteiger partial charge on any atom is -0.384 e. The first-order valence-corrected chi connectivity index (χ1v) is 7.95. The van der Waals surface area contributed by atoms with E-state index in [-0.39, 0.29) is 17.4 Å². The third-order valence-electron chi connectivity index (χ3n) is 4.18. The topological polar surface area (TPSA) is 88.2 Å². The fourth-order valence-electron chi connectivity index (χ4n) is 2.90. The highest BCUT2D eigenvalue weighted by atomic mass is 16.5. The van der Waals surface area contributed by atoms with Crippen molar-refractivity contribution in [1.82, 2.24) is 19.9 Å². The molecule has 3 heterocycles. The highest BCUT2D eigenvalue weighted by Crippen LogP contribution is 2.26. The molecule has 1 saturated heterocycles. The van der Waals surface area contributed by atoms with E-state index in [0.29, 0.717) is 37.6 Å². The molecule has 0 spiro atoms. The van der Waals surface area contributed by atoms with Crippen molar-refractivity contribution in [2.75, 3.05) is 26.8 Å². The third kappa shape index (κ3) is 3.68. The lowest BCUT2D eigenvalue weighted by atomic mass is 10.1. The number of hydrogen-bond acceptors (Lipinski definition) is 5. The molecule has 7 heteroatoms. The average molecular weight is 328 g/mol. The van der Waals surface area contributed by atoms with E-state index >= 15 is 0 Å². The van der Waals surface area contributed by atoms with Gasteiger partial charge in [0.2, 0.25) is 5.91 Å². The molecule has 1 aliphatic heterocycles. The second-order valence-electron chi connectivity index (χ2n) is 5.82. The van der Waals surface area contributed by atoms with E-state index in [1.807, 2.05) is 17.0 Å². The van der Waals surface area contributed by atoms with Gasteiger partial charge >= 0.3 is 0 Å². The van der Waals surface area contributed by atoms with Crippen LogP contribution in [0.15, 0.2) is 35.4 Å². The van der Waals surface area contributed by atoms with Crippen LogP contribution in [-0.2, 0) is 9.53 Å². The summed E-state index contributed by atoms with van der Waals surface area (Å²) in [5, 5.41) is 0. The molecule has 0 aliphatic carbocycles. The van der Waals surface area contributed by atoms with E-state index in [0.717, 1.165) is 12.0 Å². The number of aromatic nitrogens is 3. The van der Waals surface area contributed by atoms with Gasteiger partial charge in [0.25, 0.3) is 5.56 Å². The summed E-state index contributed by atoms with van der Waals surface area (Å²) in [6.07, 6.45) is 4.51. The molecule has 126 valence electrons. The molecule has 3 rings (SSSR count). The summed E-state index contributed by atoms with van der Waals surface area (Å²) in [6, 6.07) is 5.12. The molecule has 7 nitrogen and oxygen atoms in total. The van der Waals surface area contributed by atoms with Gasteiger partial charge in [-0.2, -0.15) is 0 Å². The Labute approximate surface area is 139 Å². The second-order valence-corrected chi connectivity index (χ2v) is 5.82. The maximum absolute atomic E-state index is 12.1. The number of nitrogens with zero attached hydrogens (tertiary/aromatic N) is 3. The first-order valence-electron chi connectivity index (χ1n) is 7.95. The lowest BCUT2D eigenvalue weighted by Gasteiger charge is -2.16. The molecule has 0 unspecified atom stereocenters. The number of methoxy groups -OCH3 is 1. The number of nitrogens with one attached hydrogen (secondary N) is 1. The number of carbonyl (C=O) groups is 1. The number of hydrogen-bond donors (Lipinski definition) is 1. The molecule has 1 atom stereocenters. The number of aromatic amines is 1. The van der Waals surface area contributed by atoms with E-state index in [1.165, 1.54) is 6.07 Å². The maximum atomic E-state index is 12.1. The van der Waals surface area contributed by atoms with E-state index in [9.17, 15) is 9.59 Å². The number of H-pyrrole nitrogens is 1. The summed E-state index contributed by atoms with van der Waals surface area (Å²) in [5.74, 6) is 0.759. The highest BCUT2D eigenvalue weighted by Gasteiger charge is 2.28. The van der Waals surface area contributed by atoms with Crippen LogP contribution >= 0.6 is 0 Å². The van der Waals surface area contributed by atoms with Crippen LogP contribution in [0.5, 0.6) is 0 Å². The quantitative estimate of drug-likeness (QED) is 0.890. The fraction of sp³-hybridized carbons (Fsp3) is 0.412. The molecule has 2 aromatic heterocycles. The summed E-state index contributed by atoms with van der Waals surface area (Å²) >= 11 is 0. The Morgan fingerprint density at radius 2 is 2.21 bits per heavy atom.